The molecular weight excluding hydrogens is 402 g/mol. The van der Waals surface area contributed by atoms with Crippen LogP contribution >= 0.6 is 0 Å². The Morgan fingerprint density at radius 1 is 1.19 bits per heavy atom. The summed E-state index contributed by atoms with van der Waals surface area (Å²) in [4.78, 5) is 30.1. The number of nitrogens with zero attached hydrogens (tertiary/aromatic N) is 3. The monoisotopic (exact) mass is 429 g/mol. The third-order valence-electron chi connectivity index (χ3n) is 6.27. The first kappa shape index (κ1) is 21.6. The van der Waals surface area contributed by atoms with Crippen LogP contribution < -0.4 is 10.6 Å². The molecule has 1 aromatic carbocycles. The maximum absolute atomic E-state index is 13.1. The molecule has 0 spiro atoms. The zero-order chi connectivity index (χ0) is 22.5. The van der Waals surface area contributed by atoms with E-state index in [-0.39, 0.29) is 23.8 Å². The Morgan fingerprint density at radius 2 is 1.94 bits per heavy atom. The fourth-order valence-corrected chi connectivity index (χ4v) is 4.53. The summed E-state index contributed by atoms with van der Waals surface area (Å²) >= 11 is 0. The van der Waals surface area contributed by atoms with Crippen LogP contribution in [-0.4, -0.2) is 33.4 Å². The van der Waals surface area contributed by atoms with E-state index in [0.29, 0.717) is 18.5 Å². The van der Waals surface area contributed by atoms with Gasteiger partial charge in [0.2, 0.25) is 5.91 Å². The number of para-hydroxylation sites is 1. The number of nitriles is 1. The van der Waals surface area contributed by atoms with Crippen LogP contribution in [0.1, 0.15) is 41.7 Å². The van der Waals surface area contributed by atoms with Crippen LogP contribution in [0.3, 0.4) is 0 Å². The number of nitrogens with one attached hydrogen (secondary N) is 2. The number of hydrogen-bond acceptors (Lipinski definition) is 4. The Bertz CT molecular complexity index is 1150. The summed E-state index contributed by atoms with van der Waals surface area (Å²) in [5.41, 5.74) is 2.50. The van der Waals surface area contributed by atoms with E-state index in [1.54, 1.807) is 12.4 Å². The average Bonchev–Trinajstić information content (AvgIpc) is 3.16. The smallest absolute Gasteiger partial charge is 0.268 e. The Labute approximate surface area is 187 Å². The third-order valence-corrected chi connectivity index (χ3v) is 6.27. The van der Waals surface area contributed by atoms with Gasteiger partial charge in [-0.05, 0) is 42.7 Å². The number of aromatic nitrogens is 2. The Kier molecular flexibility index (Phi) is 6.50. The van der Waals surface area contributed by atoms with Crippen molar-refractivity contribution < 1.29 is 9.59 Å². The molecule has 0 radical (unpaired) electrons. The fourth-order valence-electron chi connectivity index (χ4n) is 4.53. The van der Waals surface area contributed by atoms with Crippen molar-refractivity contribution in [3.63, 3.8) is 0 Å². The molecule has 1 aliphatic rings. The lowest BCUT2D eigenvalue weighted by molar-refractivity contribution is -0.127. The van der Waals surface area contributed by atoms with Gasteiger partial charge in [-0.25, -0.2) is 0 Å². The van der Waals surface area contributed by atoms with E-state index in [9.17, 15) is 14.9 Å². The summed E-state index contributed by atoms with van der Waals surface area (Å²) in [6.45, 7) is 0. The highest BCUT2D eigenvalue weighted by Gasteiger charge is 2.33. The molecule has 1 saturated carbocycles. The number of benzene rings is 1. The van der Waals surface area contributed by atoms with Crippen LogP contribution in [0, 0.1) is 17.2 Å². The number of aryl methyl sites for hydroxylation is 1. The molecule has 7 heteroatoms. The number of amides is 2. The first-order chi connectivity index (χ1) is 15.6. The molecule has 1 aliphatic carbocycles. The zero-order valence-electron chi connectivity index (χ0n) is 18.1. The van der Waals surface area contributed by atoms with E-state index in [2.05, 4.69) is 21.7 Å². The van der Waals surface area contributed by atoms with Gasteiger partial charge in [0.1, 0.15) is 11.7 Å². The molecule has 2 heterocycles. The van der Waals surface area contributed by atoms with Gasteiger partial charge < -0.3 is 15.2 Å². The van der Waals surface area contributed by atoms with Crippen molar-refractivity contribution in [1.29, 1.82) is 5.26 Å². The number of rotatable bonds is 6. The van der Waals surface area contributed by atoms with E-state index in [0.717, 1.165) is 35.7 Å². The average molecular weight is 430 g/mol. The highest BCUT2D eigenvalue weighted by atomic mass is 16.2. The van der Waals surface area contributed by atoms with Crippen molar-refractivity contribution in [3.8, 4) is 6.07 Å². The predicted molar refractivity (Wildman–Crippen MR) is 122 cm³/mol. The highest BCUT2D eigenvalue weighted by Crippen LogP contribution is 2.26. The lowest BCUT2D eigenvalue weighted by Gasteiger charge is -2.31. The summed E-state index contributed by atoms with van der Waals surface area (Å²) in [6.07, 6.45) is 7.10. The third kappa shape index (κ3) is 4.65. The molecule has 0 aliphatic heterocycles. The quantitative estimate of drug-likeness (QED) is 0.629. The van der Waals surface area contributed by atoms with Gasteiger partial charge >= 0.3 is 0 Å². The largest absolute Gasteiger partial charge is 0.347 e. The van der Waals surface area contributed by atoms with Gasteiger partial charge in [-0.15, -0.1) is 0 Å². The number of pyridine rings is 1. The molecule has 1 fully saturated rings. The molecular formula is C25H27N5O2. The second-order valence-electron chi connectivity index (χ2n) is 8.37. The van der Waals surface area contributed by atoms with Crippen molar-refractivity contribution in [2.75, 3.05) is 0 Å². The minimum atomic E-state index is -0.624. The molecule has 164 valence electrons. The molecule has 0 saturated heterocycles. The van der Waals surface area contributed by atoms with Crippen molar-refractivity contribution in [2.45, 2.75) is 44.2 Å². The van der Waals surface area contributed by atoms with E-state index in [1.807, 2.05) is 54.1 Å². The zero-order valence-corrected chi connectivity index (χ0v) is 18.1. The summed E-state index contributed by atoms with van der Waals surface area (Å²) in [5.74, 6) is -0.703. The Balaban J connectivity index is 1.44. The minimum Gasteiger partial charge on any atom is -0.347 e. The van der Waals surface area contributed by atoms with Gasteiger partial charge in [-0.3, -0.25) is 14.6 Å². The number of fused-ring (bicyclic) bond motifs is 1. The minimum absolute atomic E-state index is 0.173. The Hall–Kier alpha value is -3.66. The molecule has 2 amide bonds. The van der Waals surface area contributed by atoms with Gasteiger partial charge in [0.25, 0.3) is 5.91 Å². The normalized spacial score (nSPS) is 19.1. The highest BCUT2D eigenvalue weighted by molar-refractivity contribution is 5.99. The molecule has 3 unspecified atom stereocenters. The number of carbonyl (C=O) groups excluding carboxylic acids is 2. The molecule has 7 nitrogen and oxygen atoms in total. The van der Waals surface area contributed by atoms with Crippen molar-refractivity contribution in [1.82, 2.24) is 20.2 Å². The maximum atomic E-state index is 13.1. The van der Waals surface area contributed by atoms with E-state index in [4.69, 9.17) is 0 Å². The fraction of sp³-hybridized carbons (Fsp3) is 0.360. The molecule has 2 aromatic heterocycles. The first-order valence-electron chi connectivity index (χ1n) is 11.0. The first-order valence-corrected chi connectivity index (χ1v) is 11.0. The molecule has 0 bridgehead atoms. The lowest BCUT2D eigenvalue weighted by Crippen LogP contribution is -2.50. The summed E-state index contributed by atoms with van der Waals surface area (Å²) in [5, 5.41) is 16.5. The Morgan fingerprint density at radius 3 is 2.69 bits per heavy atom. The number of hydrogen-bond donors (Lipinski definition) is 2. The van der Waals surface area contributed by atoms with E-state index < -0.39 is 6.04 Å². The SMILES string of the molecule is Cn1c(C(=O)NC2CCCCC2C(=O)NC(C#N)Cc2ccncc2)cc2ccccc21. The van der Waals surface area contributed by atoms with Gasteiger partial charge in [0, 0.05) is 42.8 Å². The maximum Gasteiger partial charge on any atom is 0.268 e. The van der Waals surface area contributed by atoms with E-state index >= 15 is 0 Å². The summed E-state index contributed by atoms with van der Waals surface area (Å²) in [7, 11) is 1.87. The second-order valence-corrected chi connectivity index (χ2v) is 8.37. The molecule has 2 N–H and O–H groups in total. The summed E-state index contributed by atoms with van der Waals surface area (Å²) < 4.78 is 1.88. The van der Waals surface area contributed by atoms with Gasteiger partial charge in [0.15, 0.2) is 0 Å². The van der Waals surface area contributed by atoms with Crippen LogP contribution in [-0.2, 0) is 18.3 Å². The van der Waals surface area contributed by atoms with Crippen LogP contribution in [0.2, 0.25) is 0 Å². The number of carbonyl (C=O) groups is 2. The second kappa shape index (κ2) is 9.65. The predicted octanol–water partition coefficient (Wildman–Crippen LogP) is 3.11. The standard InChI is InChI=1S/C25H27N5O2/c1-30-22-9-5-2-6-18(22)15-23(30)25(32)29-21-8-4-3-7-20(21)24(31)28-19(16-26)14-17-10-12-27-13-11-17/h2,5-6,9-13,15,19-21H,3-4,7-8,14H2,1H3,(H,28,31)(H,29,32). The summed E-state index contributed by atoms with van der Waals surface area (Å²) in [6, 6.07) is 14.7. The topological polar surface area (TPSA) is 99.8 Å². The molecule has 32 heavy (non-hydrogen) atoms. The molecule has 4 rings (SSSR count). The van der Waals surface area contributed by atoms with Gasteiger partial charge in [-0.1, -0.05) is 31.0 Å². The van der Waals surface area contributed by atoms with Gasteiger partial charge in [0.05, 0.1) is 12.0 Å². The van der Waals surface area contributed by atoms with E-state index in [1.165, 1.54) is 0 Å². The van der Waals surface area contributed by atoms with Crippen molar-refractivity contribution in [2.24, 2.45) is 13.0 Å². The van der Waals surface area contributed by atoms with Crippen LogP contribution in [0.15, 0.2) is 54.9 Å². The van der Waals surface area contributed by atoms with Crippen LogP contribution in [0.25, 0.3) is 10.9 Å². The van der Waals surface area contributed by atoms with Crippen LogP contribution in [0.5, 0.6) is 0 Å². The van der Waals surface area contributed by atoms with Crippen LogP contribution in [0.4, 0.5) is 0 Å². The van der Waals surface area contributed by atoms with Gasteiger partial charge in [-0.2, -0.15) is 5.26 Å². The lowest BCUT2D eigenvalue weighted by atomic mass is 9.83. The molecule has 3 aromatic rings. The van der Waals surface area contributed by atoms with Crippen molar-refractivity contribution in [3.05, 3.63) is 66.1 Å². The molecule has 3 atom stereocenters. The van der Waals surface area contributed by atoms with Crippen molar-refractivity contribution >= 4 is 22.7 Å².